The number of rotatable bonds is 18. The first-order valence-electron chi connectivity index (χ1n) is 13.5. The van der Waals surface area contributed by atoms with E-state index in [2.05, 4.69) is 20.6 Å². The monoisotopic (exact) mass is 612 g/mol. The Morgan fingerprint density at radius 2 is 1.74 bits per heavy atom. The summed E-state index contributed by atoms with van der Waals surface area (Å²) in [7, 11) is 0. The van der Waals surface area contributed by atoms with Crippen LogP contribution in [0.4, 0.5) is 11.6 Å². The molecule has 3 atom stereocenters. The number of guanidine groups is 1. The lowest BCUT2D eigenvalue weighted by Crippen LogP contribution is -2.43. The number of aryl methyl sites for hydroxylation is 1. The number of ether oxygens (including phenoxy) is 1. The molecule has 42 heavy (non-hydrogen) atoms. The predicted octanol–water partition coefficient (Wildman–Crippen LogP) is -1.29. The first-order valence-corrected chi connectivity index (χ1v) is 13.8. The van der Waals surface area contributed by atoms with Crippen molar-refractivity contribution in [2.24, 2.45) is 0 Å². The number of nitrogens with one attached hydrogen (secondary N) is 3. The van der Waals surface area contributed by atoms with Gasteiger partial charge in [-0.25, -0.2) is 9.97 Å². The van der Waals surface area contributed by atoms with Gasteiger partial charge in [-0.1, -0.05) is 23.7 Å². The molecule has 16 heteroatoms. The third-order valence-electron chi connectivity index (χ3n) is 6.22. The lowest BCUT2D eigenvalue weighted by molar-refractivity contribution is -0.0326. The van der Waals surface area contributed by atoms with E-state index in [-0.39, 0.29) is 54.6 Å². The molecule has 234 valence electrons. The second-order valence-electron chi connectivity index (χ2n) is 9.58. The van der Waals surface area contributed by atoms with Crippen molar-refractivity contribution in [2.45, 2.75) is 44.0 Å². The Hall–Kier alpha value is -3.31. The number of aromatic nitrogens is 2. The van der Waals surface area contributed by atoms with E-state index in [0.717, 1.165) is 24.8 Å². The summed E-state index contributed by atoms with van der Waals surface area (Å²) in [5.41, 5.74) is 12.0. The number of carbonyl (C=O) groups is 1. The Morgan fingerprint density at radius 1 is 1.02 bits per heavy atom. The summed E-state index contributed by atoms with van der Waals surface area (Å²) < 4.78 is 5.80. The number of hydrogen-bond acceptors (Lipinski definition) is 13. The minimum atomic E-state index is -1.27. The van der Waals surface area contributed by atoms with Gasteiger partial charge in [0.2, 0.25) is 0 Å². The number of anilines is 2. The molecule has 0 aliphatic heterocycles. The van der Waals surface area contributed by atoms with E-state index in [1.807, 2.05) is 24.3 Å². The van der Waals surface area contributed by atoms with Crippen LogP contribution >= 0.6 is 11.6 Å². The molecule has 0 saturated carbocycles. The molecular weight excluding hydrogens is 572 g/mol. The van der Waals surface area contributed by atoms with Crippen molar-refractivity contribution in [3.63, 3.8) is 0 Å². The summed E-state index contributed by atoms with van der Waals surface area (Å²) in [6.07, 6.45) is -0.682. The van der Waals surface area contributed by atoms with Gasteiger partial charge in [0.05, 0.1) is 25.4 Å². The van der Waals surface area contributed by atoms with Crippen LogP contribution in [0.1, 0.15) is 35.3 Å². The van der Waals surface area contributed by atoms with Crippen molar-refractivity contribution in [1.82, 2.24) is 25.5 Å². The molecule has 1 aromatic heterocycles. The number of nitrogens with two attached hydrogens (primary N) is 2. The molecular formula is C26H41ClN8O7. The van der Waals surface area contributed by atoms with E-state index in [4.69, 9.17) is 43.4 Å². The van der Waals surface area contributed by atoms with Gasteiger partial charge in [0.1, 0.15) is 18.5 Å². The summed E-state index contributed by atoms with van der Waals surface area (Å²) in [5.74, 6) is -0.564. The number of amides is 1. The summed E-state index contributed by atoms with van der Waals surface area (Å²) in [4.78, 5) is 21.6. The summed E-state index contributed by atoms with van der Waals surface area (Å²) in [6.45, 7) is 0.637. The van der Waals surface area contributed by atoms with Crippen LogP contribution in [0.25, 0.3) is 0 Å². The number of carbonyl (C=O) groups excluding carboxylic acids is 1. The van der Waals surface area contributed by atoms with Gasteiger partial charge in [0.25, 0.3) is 5.91 Å². The van der Waals surface area contributed by atoms with Gasteiger partial charge in [-0.05, 0) is 43.4 Å². The van der Waals surface area contributed by atoms with Crippen molar-refractivity contribution in [2.75, 3.05) is 57.5 Å². The summed E-state index contributed by atoms with van der Waals surface area (Å²) >= 11 is 5.78. The highest BCUT2D eigenvalue weighted by Crippen LogP contribution is 2.17. The maximum atomic E-state index is 12.3. The van der Waals surface area contributed by atoms with Crippen LogP contribution in [0.5, 0.6) is 5.75 Å². The topological polar surface area (TPSA) is 256 Å². The number of aliphatic hydroxyl groups is 5. The zero-order valence-electron chi connectivity index (χ0n) is 23.2. The maximum absolute atomic E-state index is 12.3. The lowest BCUT2D eigenvalue weighted by Gasteiger charge is -2.27. The fourth-order valence-corrected chi connectivity index (χ4v) is 3.89. The highest BCUT2D eigenvalue weighted by atomic mass is 35.5. The van der Waals surface area contributed by atoms with Gasteiger partial charge in [-0.15, -0.1) is 0 Å². The van der Waals surface area contributed by atoms with Crippen molar-refractivity contribution < 1.29 is 35.1 Å². The van der Waals surface area contributed by atoms with E-state index in [0.29, 0.717) is 25.4 Å². The quantitative estimate of drug-likeness (QED) is 0.0534. The molecule has 2 aromatic rings. The van der Waals surface area contributed by atoms with Crippen LogP contribution in [0.3, 0.4) is 0 Å². The number of unbranched alkanes of at least 4 members (excludes halogenated alkanes) is 1. The van der Waals surface area contributed by atoms with Crippen LogP contribution in [0.2, 0.25) is 5.15 Å². The molecule has 1 aromatic carbocycles. The van der Waals surface area contributed by atoms with Crippen molar-refractivity contribution in [1.29, 1.82) is 5.41 Å². The minimum absolute atomic E-state index is 0.0731. The molecule has 0 spiro atoms. The molecule has 1 amide bonds. The van der Waals surface area contributed by atoms with Gasteiger partial charge in [0, 0.05) is 26.2 Å². The Kier molecular flexibility index (Phi) is 15.2. The number of benzene rings is 1. The van der Waals surface area contributed by atoms with E-state index in [9.17, 15) is 20.1 Å². The number of nitrogens with zero attached hydrogens (tertiary/aromatic N) is 3. The standard InChI is InChI=1S/C26H41ClN8O7/c27-22-24(29)33-23(28)21(32-22)25(41)34-26(30)31-9-2-1-3-16-4-6-18(7-5-16)42-12-11-35(10-8-17(38)14-36)13-19(39)20(40)15-37/h4-7,17,19-20,36-40H,1-3,8-15H2,(H4,28,29,33)(H3,30,31,34,41)/t17-,19-,20+/m0/s1. The van der Waals surface area contributed by atoms with Crippen molar-refractivity contribution >= 4 is 35.1 Å². The second-order valence-corrected chi connectivity index (χ2v) is 9.94. The highest BCUT2D eigenvalue weighted by molar-refractivity contribution is 6.31. The smallest absolute Gasteiger partial charge is 0.280 e. The predicted molar refractivity (Wildman–Crippen MR) is 157 cm³/mol. The number of nitrogen functional groups attached to an aromatic ring is 2. The van der Waals surface area contributed by atoms with Crippen LogP contribution in [-0.4, -0.2) is 117 Å². The normalized spacial score (nSPS) is 13.4. The van der Waals surface area contributed by atoms with E-state index >= 15 is 0 Å². The highest BCUT2D eigenvalue weighted by Gasteiger charge is 2.20. The fraction of sp³-hybridized carbons (Fsp3) is 0.538. The molecule has 0 aliphatic rings. The largest absolute Gasteiger partial charge is 0.492 e. The molecule has 0 unspecified atom stereocenters. The SMILES string of the molecule is N=C(NCCCCc1ccc(OCCN(CC[C@H](O)CO)C[C@H](O)[C@H](O)CO)cc1)NC(=O)c1nc(Cl)c(N)nc1N. The fourth-order valence-electron chi connectivity index (χ4n) is 3.76. The van der Waals surface area contributed by atoms with Gasteiger partial charge in [0.15, 0.2) is 28.4 Å². The molecule has 0 radical (unpaired) electrons. The number of hydrogen-bond donors (Lipinski definition) is 10. The third kappa shape index (κ3) is 12.3. The van der Waals surface area contributed by atoms with Crippen LogP contribution in [0, 0.1) is 5.41 Å². The van der Waals surface area contributed by atoms with Crippen LogP contribution < -0.4 is 26.8 Å². The van der Waals surface area contributed by atoms with E-state index < -0.39 is 30.8 Å². The van der Waals surface area contributed by atoms with Gasteiger partial charge >= 0.3 is 0 Å². The van der Waals surface area contributed by atoms with E-state index in [1.165, 1.54) is 0 Å². The number of aliphatic hydroxyl groups excluding tert-OH is 5. The molecule has 15 nitrogen and oxygen atoms in total. The first-order chi connectivity index (χ1) is 20.0. The molecule has 12 N–H and O–H groups in total. The first kappa shape index (κ1) is 34.9. The second kappa shape index (κ2) is 18.3. The zero-order chi connectivity index (χ0) is 31.1. The average molecular weight is 613 g/mol. The molecule has 1 heterocycles. The van der Waals surface area contributed by atoms with Gasteiger partial charge in [-0.2, -0.15) is 0 Å². The maximum Gasteiger partial charge on any atom is 0.280 e. The Balaban J connectivity index is 1.69. The van der Waals surface area contributed by atoms with E-state index in [1.54, 1.807) is 4.90 Å². The van der Waals surface area contributed by atoms with Crippen molar-refractivity contribution in [3.05, 3.63) is 40.7 Å². The third-order valence-corrected chi connectivity index (χ3v) is 6.50. The van der Waals surface area contributed by atoms with Crippen LogP contribution in [0.15, 0.2) is 24.3 Å². The Labute approximate surface area is 249 Å². The van der Waals surface area contributed by atoms with Gasteiger partial charge in [-0.3, -0.25) is 20.4 Å². The Bertz CT molecular complexity index is 1130. The summed E-state index contributed by atoms with van der Waals surface area (Å²) in [5, 5.41) is 60.3. The van der Waals surface area contributed by atoms with Crippen LogP contribution in [-0.2, 0) is 6.42 Å². The zero-order valence-corrected chi connectivity index (χ0v) is 24.0. The molecule has 2 rings (SSSR count). The lowest BCUT2D eigenvalue weighted by atomic mass is 10.1. The molecule has 0 fully saturated rings. The minimum Gasteiger partial charge on any atom is -0.492 e. The number of halogens is 1. The van der Waals surface area contributed by atoms with Crippen molar-refractivity contribution in [3.8, 4) is 5.75 Å². The Morgan fingerprint density at radius 3 is 2.40 bits per heavy atom. The summed E-state index contributed by atoms with van der Waals surface area (Å²) in [6, 6.07) is 7.60. The molecule has 0 bridgehead atoms. The molecule has 0 saturated heterocycles. The van der Waals surface area contributed by atoms with Gasteiger partial charge < -0.3 is 47.1 Å². The molecule has 0 aliphatic carbocycles. The average Bonchev–Trinajstić information content (AvgIpc) is 2.97.